The minimum atomic E-state index is -1.17. The predicted molar refractivity (Wildman–Crippen MR) is 88.8 cm³/mol. The summed E-state index contributed by atoms with van der Waals surface area (Å²) in [7, 11) is 0. The summed E-state index contributed by atoms with van der Waals surface area (Å²) in [6.07, 6.45) is -0.448. The maximum atomic E-state index is 9.99. The van der Waals surface area contributed by atoms with Crippen molar-refractivity contribution < 1.29 is 67.0 Å². The number of aliphatic carboxylic acids is 4. The van der Waals surface area contributed by atoms with Crippen molar-refractivity contribution in [3.05, 3.63) is 0 Å². The zero-order chi connectivity index (χ0) is 16.3. The molecule has 0 heterocycles. The van der Waals surface area contributed by atoms with Crippen molar-refractivity contribution in [3.8, 4) is 0 Å². The van der Waals surface area contributed by atoms with Crippen LogP contribution in [-0.4, -0.2) is 129 Å². The molecule has 0 aliphatic heterocycles. The number of nitrogens with two attached hydrogens (primary N) is 2. The molecule has 0 spiro atoms. The first-order chi connectivity index (χ1) is 9.07. The van der Waals surface area contributed by atoms with E-state index in [1.54, 1.807) is 0 Å². The van der Waals surface area contributed by atoms with Crippen LogP contribution in [0.15, 0.2) is 0 Å². The Hall–Kier alpha value is -0.919. The van der Waals surface area contributed by atoms with Crippen molar-refractivity contribution >= 4 is 69.4 Å². The summed E-state index contributed by atoms with van der Waals surface area (Å²) >= 11 is 0. The van der Waals surface area contributed by atoms with Crippen molar-refractivity contribution in [1.82, 2.24) is 0 Å². The fourth-order valence-electron chi connectivity index (χ4n) is 0.805. The third-order valence-electron chi connectivity index (χ3n) is 1.97. The summed E-state index contributed by atoms with van der Waals surface area (Å²) in [5, 5.41) is 32.5. The first-order valence-electron chi connectivity index (χ1n) is 5.48. The second-order valence-corrected chi connectivity index (χ2v) is 3.75. The number of rotatable bonds is 8. The van der Waals surface area contributed by atoms with Gasteiger partial charge in [0.15, 0.2) is 0 Å². The number of carboxylic acid groups (broad SMARTS) is 4. The summed E-state index contributed by atoms with van der Waals surface area (Å²) in [6, 6.07) is -2.12. The van der Waals surface area contributed by atoms with Gasteiger partial charge in [0.25, 0.3) is 0 Å². The van der Waals surface area contributed by atoms with Gasteiger partial charge in [-0.1, -0.05) is 0 Å². The molecule has 156 valence electrons. The Kier molecular flexibility index (Phi) is 55.3. The molecule has 26 heavy (non-hydrogen) atoms. The summed E-state index contributed by atoms with van der Waals surface area (Å²) in [4.78, 5) is 39.7. The Morgan fingerprint density at radius 2 is 0.808 bits per heavy atom. The topological polar surface area (TPSA) is 359 Å². The van der Waals surface area contributed by atoms with E-state index < -0.39 is 36.0 Å². The van der Waals surface area contributed by atoms with Gasteiger partial charge in [0.1, 0.15) is 12.1 Å². The van der Waals surface area contributed by atoms with Gasteiger partial charge in [0, 0.05) is 12.8 Å². The standard InChI is InChI=1S/2C5H9NO4.5H2O.Sr/c2*6-3(5(9)10)1-2-4(7)8;;;;;;/h2*3H,1-2,6H2,(H,7,8)(H,9,10);5*1H2;/q;;;;;;;+2/t2*3-;;;;;;/m00....../s1. The minimum absolute atomic E-state index is 0. The van der Waals surface area contributed by atoms with Crippen LogP contribution in [0, 0.1) is 0 Å². The van der Waals surface area contributed by atoms with Gasteiger partial charge in [0.05, 0.1) is 0 Å². The molecule has 18 N–H and O–H groups in total. The molecule has 0 aromatic carbocycles. The molecule has 0 bridgehead atoms. The normalized spacial score (nSPS) is 9.62. The maximum absolute atomic E-state index is 9.99. The van der Waals surface area contributed by atoms with Crippen LogP contribution in [0.1, 0.15) is 25.7 Å². The molecule has 16 heteroatoms. The van der Waals surface area contributed by atoms with Crippen LogP contribution < -0.4 is 11.5 Å². The monoisotopic (exact) mass is 472 g/mol. The van der Waals surface area contributed by atoms with Gasteiger partial charge in [-0.3, -0.25) is 19.2 Å². The fraction of sp³-hybridized carbons (Fsp3) is 0.600. The molecule has 0 fully saturated rings. The van der Waals surface area contributed by atoms with E-state index in [-0.39, 0.29) is 98.5 Å². The molecular formula is C10H28N2O13Sr+2. The maximum Gasteiger partial charge on any atom is 2.00 e. The van der Waals surface area contributed by atoms with Crippen molar-refractivity contribution in [2.75, 3.05) is 0 Å². The molecule has 0 aromatic heterocycles. The van der Waals surface area contributed by atoms with Crippen LogP contribution in [0.3, 0.4) is 0 Å². The number of hydrogen-bond donors (Lipinski definition) is 6. The Bertz CT molecular complexity index is 335. The van der Waals surface area contributed by atoms with E-state index in [9.17, 15) is 19.2 Å². The molecule has 0 radical (unpaired) electrons. The van der Waals surface area contributed by atoms with E-state index in [0.717, 1.165) is 0 Å². The van der Waals surface area contributed by atoms with E-state index >= 15 is 0 Å². The third-order valence-corrected chi connectivity index (χ3v) is 1.97. The number of carboxylic acids is 4. The van der Waals surface area contributed by atoms with E-state index in [1.165, 1.54) is 0 Å². The van der Waals surface area contributed by atoms with Crippen LogP contribution >= 0.6 is 0 Å². The van der Waals surface area contributed by atoms with Gasteiger partial charge < -0.3 is 59.3 Å². The van der Waals surface area contributed by atoms with Crippen LogP contribution in [0.2, 0.25) is 0 Å². The van der Waals surface area contributed by atoms with Gasteiger partial charge in [-0.15, -0.1) is 0 Å². The van der Waals surface area contributed by atoms with Crippen LogP contribution in [0.25, 0.3) is 0 Å². The van der Waals surface area contributed by atoms with E-state index in [4.69, 9.17) is 31.9 Å². The molecule has 0 amide bonds. The first-order valence-corrected chi connectivity index (χ1v) is 5.48. The fourth-order valence-corrected chi connectivity index (χ4v) is 0.805. The van der Waals surface area contributed by atoms with Crippen LogP contribution in [0.4, 0.5) is 0 Å². The van der Waals surface area contributed by atoms with E-state index in [1.807, 2.05) is 0 Å². The van der Waals surface area contributed by atoms with Crippen LogP contribution in [-0.2, 0) is 19.2 Å². The van der Waals surface area contributed by atoms with Gasteiger partial charge >= 0.3 is 69.4 Å². The molecule has 0 saturated heterocycles. The SMILES string of the molecule is N[C@@H](CCC(=O)O)C(=O)O.N[C@@H](CCC(=O)O)C(=O)O.O.O.O.O.O.[Sr+2]. The third kappa shape index (κ3) is 38.6. The van der Waals surface area contributed by atoms with Gasteiger partial charge in [0.2, 0.25) is 0 Å². The first kappa shape index (κ1) is 49.9. The number of carbonyl (C=O) groups is 4. The molecule has 0 aromatic rings. The zero-order valence-corrected chi connectivity index (χ0v) is 17.2. The Morgan fingerprint density at radius 1 is 0.615 bits per heavy atom. The van der Waals surface area contributed by atoms with E-state index in [2.05, 4.69) is 0 Å². The molecule has 0 rings (SSSR count). The molecule has 15 nitrogen and oxygen atoms in total. The quantitative estimate of drug-likeness (QED) is 0.182. The Balaban J connectivity index is -0.0000000337. The molecule has 0 unspecified atom stereocenters. The second kappa shape index (κ2) is 28.9. The summed E-state index contributed by atoms with van der Waals surface area (Å²) in [5.41, 5.74) is 10.0. The molecule has 2 atom stereocenters. The molecule has 0 aliphatic carbocycles. The van der Waals surface area contributed by atoms with Crippen molar-refractivity contribution in [2.24, 2.45) is 11.5 Å². The Morgan fingerprint density at radius 3 is 0.923 bits per heavy atom. The zero-order valence-electron chi connectivity index (χ0n) is 13.8. The average Bonchev–Trinajstić information content (AvgIpc) is 2.33. The average molecular weight is 472 g/mol. The smallest absolute Gasteiger partial charge is 0.481 e. The summed E-state index contributed by atoms with van der Waals surface area (Å²) in [6.45, 7) is 0. The van der Waals surface area contributed by atoms with Crippen molar-refractivity contribution in [3.63, 3.8) is 0 Å². The Labute approximate surface area is 184 Å². The van der Waals surface area contributed by atoms with Crippen LogP contribution in [0.5, 0.6) is 0 Å². The van der Waals surface area contributed by atoms with Crippen molar-refractivity contribution in [1.29, 1.82) is 0 Å². The van der Waals surface area contributed by atoms with Gasteiger partial charge in [-0.2, -0.15) is 0 Å². The largest absolute Gasteiger partial charge is 2.00 e. The summed E-state index contributed by atoms with van der Waals surface area (Å²) in [5.74, 6) is -4.39. The number of hydrogen-bond acceptors (Lipinski definition) is 6. The second-order valence-electron chi connectivity index (χ2n) is 3.75. The predicted octanol–water partition coefficient (Wildman–Crippen LogP) is -5.98. The summed E-state index contributed by atoms with van der Waals surface area (Å²) < 4.78 is 0. The molecule has 0 aliphatic rings. The minimum Gasteiger partial charge on any atom is -0.481 e. The van der Waals surface area contributed by atoms with E-state index in [0.29, 0.717) is 0 Å². The molecular weight excluding hydrogens is 444 g/mol. The molecule has 0 saturated carbocycles. The van der Waals surface area contributed by atoms with Gasteiger partial charge in [-0.25, -0.2) is 0 Å². The van der Waals surface area contributed by atoms with Crippen molar-refractivity contribution in [2.45, 2.75) is 37.8 Å². The van der Waals surface area contributed by atoms with Gasteiger partial charge in [-0.05, 0) is 12.8 Å².